The van der Waals surface area contributed by atoms with Crippen LogP contribution in [0, 0.1) is 5.92 Å². The highest BCUT2D eigenvalue weighted by molar-refractivity contribution is 5.79. The maximum Gasteiger partial charge on any atom is 0.223 e. The van der Waals surface area contributed by atoms with Gasteiger partial charge in [-0.05, 0) is 19.3 Å². The quantitative estimate of drug-likeness (QED) is 0.806. The Balaban J connectivity index is 1.38. The molecule has 1 saturated heterocycles. The number of amides is 2. The number of likely N-dealkylation sites (tertiary alicyclic amines) is 1. The maximum atomic E-state index is 12.2. The standard InChI is InChI=1S/C15H22N4O2/c20-14-3-1-7-19(14)8-2-5-17-15(21)12-4-9-18-10-6-16-13(18)11-12/h6,10,12H,1-5,7-9,11H2,(H,17,21). The van der Waals surface area contributed by atoms with E-state index in [1.54, 1.807) is 6.20 Å². The first-order valence-corrected chi connectivity index (χ1v) is 7.79. The van der Waals surface area contributed by atoms with E-state index in [0.717, 1.165) is 51.1 Å². The normalized spacial score (nSPS) is 21.4. The Morgan fingerprint density at radius 1 is 1.43 bits per heavy atom. The summed E-state index contributed by atoms with van der Waals surface area (Å²) in [6, 6.07) is 0. The van der Waals surface area contributed by atoms with E-state index in [-0.39, 0.29) is 17.7 Å². The Bertz CT molecular complexity index is 525. The average molecular weight is 290 g/mol. The van der Waals surface area contributed by atoms with E-state index in [9.17, 15) is 9.59 Å². The molecular formula is C15H22N4O2. The van der Waals surface area contributed by atoms with Crippen LogP contribution in [0.3, 0.4) is 0 Å². The van der Waals surface area contributed by atoms with Crippen LogP contribution in [0.15, 0.2) is 12.4 Å². The van der Waals surface area contributed by atoms with Crippen molar-refractivity contribution in [1.82, 2.24) is 19.8 Å². The molecule has 1 N–H and O–H groups in total. The summed E-state index contributed by atoms with van der Waals surface area (Å²) in [6.07, 6.45) is 7.85. The van der Waals surface area contributed by atoms with Crippen molar-refractivity contribution in [2.75, 3.05) is 19.6 Å². The van der Waals surface area contributed by atoms with Crippen LogP contribution in [0.5, 0.6) is 0 Å². The lowest BCUT2D eigenvalue weighted by molar-refractivity contribution is -0.127. The molecule has 1 atom stereocenters. The fraction of sp³-hybridized carbons (Fsp3) is 0.667. The highest BCUT2D eigenvalue weighted by atomic mass is 16.2. The highest BCUT2D eigenvalue weighted by Gasteiger charge is 2.25. The van der Waals surface area contributed by atoms with Crippen molar-refractivity contribution in [3.05, 3.63) is 18.2 Å². The maximum absolute atomic E-state index is 12.2. The molecule has 0 radical (unpaired) electrons. The topological polar surface area (TPSA) is 67.2 Å². The third-order valence-corrected chi connectivity index (χ3v) is 4.40. The van der Waals surface area contributed by atoms with Gasteiger partial charge in [0, 0.05) is 57.3 Å². The Hall–Kier alpha value is -1.85. The molecular weight excluding hydrogens is 268 g/mol. The van der Waals surface area contributed by atoms with Crippen LogP contribution in [0.25, 0.3) is 0 Å². The number of rotatable bonds is 5. The molecule has 1 fully saturated rings. The molecule has 3 heterocycles. The minimum Gasteiger partial charge on any atom is -0.356 e. The van der Waals surface area contributed by atoms with Gasteiger partial charge in [-0.25, -0.2) is 4.98 Å². The first-order chi connectivity index (χ1) is 10.2. The van der Waals surface area contributed by atoms with Crippen molar-refractivity contribution in [2.45, 2.75) is 38.6 Å². The van der Waals surface area contributed by atoms with Crippen LogP contribution in [0.2, 0.25) is 0 Å². The summed E-state index contributed by atoms with van der Waals surface area (Å²) in [4.78, 5) is 29.8. The van der Waals surface area contributed by atoms with Gasteiger partial charge in [0.25, 0.3) is 0 Å². The van der Waals surface area contributed by atoms with Gasteiger partial charge < -0.3 is 14.8 Å². The van der Waals surface area contributed by atoms with Gasteiger partial charge in [0.05, 0.1) is 0 Å². The number of nitrogens with one attached hydrogen (secondary N) is 1. The predicted molar refractivity (Wildman–Crippen MR) is 77.5 cm³/mol. The summed E-state index contributed by atoms with van der Waals surface area (Å²) >= 11 is 0. The minimum atomic E-state index is 0.0355. The Labute approximate surface area is 124 Å². The molecule has 2 aliphatic heterocycles. The molecule has 1 aromatic heterocycles. The molecule has 0 bridgehead atoms. The molecule has 0 spiro atoms. The van der Waals surface area contributed by atoms with E-state index in [1.165, 1.54) is 0 Å². The van der Waals surface area contributed by atoms with E-state index < -0.39 is 0 Å². The monoisotopic (exact) mass is 290 g/mol. The van der Waals surface area contributed by atoms with Crippen LogP contribution in [0.1, 0.15) is 31.5 Å². The van der Waals surface area contributed by atoms with Crippen molar-refractivity contribution in [1.29, 1.82) is 0 Å². The van der Waals surface area contributed by atoms with Crippen LogP contribution < -0.4 is 5.32 Å². The second kappa shape index (κ2) is 6.28. The molecule has 2 aliphatic rings. The number of hydrogen-bond acceptors (Lipinski definition) is 3. The van der Waals surface area contributed by atoms with E-state index >= 15 is 0 Å². The molecule has 6 heteroatoms. The lowest BCUT2D eigenvalue weighted by Gasteiger charge is -2.23. The zero-order valence-corrected chi connectivity index (χ0v) is 12.3. The number of nitrogens with zero attached hydrogens (tertiary/aromatic N) is 3. The Morgan fingerprint density at radius 3 is 3.14 bits per heavy atom. The van der Waals surface area contributed by atoms with E-state index in [0.29, 0.717) is 13.0 Å². The van der Waals surface area contributed by atoms with Gasteiger partial charge in [0.15, 0.2) is 0 Å². The van der Waals surface area contributed by atoms with Crippen molar-refractivity contribution in [3.8, 4) is 0 Å². The average Bonchev–Trinajstić information content (AvgIpc) is 3.11. The zero-order chi connectivity index (χ0) is 14.7. The zero-order valence-electron chi connectivity index (χ0n) is 12.3. The smallest absolute Gasteiger partial charge is 0.223 e. The molecule has 0 aliphatic carbocycles. The first-order valence-electron chi connectivity index (χ1n) is 7.79. The van der Waals surface area contributed by atoms with Gasteiger partial charge in [0.1, 0.15) is 5.82 Å². The molecule has 1 aromatic rings. The fourth-order valence-corrected chi connectivity index (χ4v) is 3.14. The van der Waals surface area contributed by atoms with Crippen molar-refractivity contribution in [3.63, 3.8) is 0 Å². The molecule has 0 saturated carbocycles. The summed E-state index contributed by atoms with van der Waals surface area (Å²) in [7, 11) is 0. The lowest BCUT2D eigenvalue weighted by atomic mass is 9.97. The Morgan fingerprint density at radius 2 is 2.33 bits per heavy atom. The van der Waals surface area contributed by atoms with Crippen molar-refractivity contribution in [2.24, 2.45) is 5.92 Å². The third-order valence-electron chi connectivity index (χ3n) is 4.40. The molecule has 21 heavy (non-hydrogen) atoms. The van der Waals surface area contributed by atoms with Gasteiger partial charge in [-0.1, -0.05) is 0 Å². The van der Waals surface area contributed by atoms with Gasteiger partial charge in [-0.2, -0.15) is 0 Å². The largest absolute Gasteiger partial charge is 0.356 e. The summed E-state index contributed by atoms with van der Waals surface area (Å²) in [6.45, 7) is 3.15. The van der Waals surface area contributed by atoms with Gasteiger partial charge in [0.2, 0.25) is 11.8 Å². The molecule has 2 amide bonds. The van der Waals surface area contributed by atoms with E-state index in [2.05, 4.69) is 14.9 Å². The van der Waals surface area contributed by atoms with Crippen LogP contribution in [-0.2, 0) is 22.6 Å². The molecule has 6 nitrogen and oxygen atoms in total. The number of aryl methyl sites for hydroxylation is 1. The summed E-state index contributed by atoms with van der Waals surface area (Å²) in [5, 5.41) is 3.00. The number of fused-ring (bicyclic) bond motifs is 1. The number of carbonyl (C=O) groups is 2. The highest BCUT2D eigenvalue weighted by Crippen LogP contribution is 2.19. The van der Waals surface area contributed by atoms with Crippen LogP contribution in [0.4, 0.5) is 0 Å². The Kier molecular flexibility index (Phi) is 4.22. The summed E-state index contributed by atoms with van der Waals surface area (Å²) in [5.74, 6) is 1.41. The van der Waals surface area contributed by atoms with Gasteiger partial charge >= 0.3 is 0 Å². The van der Waals surface area contributed by atoms with E-state index in [1.807, 2.05) is 11.1 Å². The molecule has 1 unspecified atom stereocenters. The van der Waals surface area contributed by atoms with E-state index in [4.69, 9.17) is 0 Å². The third kappa shape index (κ3) is 3.25. The number of hydrogen-bond donors (Lipinski definition) is 1. The van der Waals surface area contributed by atoms with Crippen LogP contribution >= 0.6 is 0 Å². The lowest BCUT2D eigenvalue weighted by Crippen LogP contribution is -2.37. The second-order valence-corrected chi connectivity index (χ2v) is 5.86. The van der Waals surface area contributed by atoms with Crippen molar-refractivity contribution < 1.29 is 9.59 Å². The minimum absolute atomic E-state index is 0.0355. The van der Waals surface area contributed by atoms with Gasteiger partial charge in [-0.3, -0.25) is 9.59 Å². The van der Waals surface area contributed by atoms with Gasteiger partial charge in [-0.15, -0.1) is 0 Å². The molecule has 114 valence electrons. The SMILES string of the molecule is O=C(NCCCN1CCCC1=O)C1CCn2ccnc2C1. The summed E-state index contributed by atoms with van der Waals surface area (Å²) in [5.41, 5.74) is 0. The predicted octanol–water partition coefficient (Wildman–Crippen LogP) is 0.574. The number of aromatic nitrogens is 2. The first kappa shape index (κ1) is 14.1. The van der Waals surface area contributed by atoms with Crippen LogP contribution in [-0.4, -0.2) is 45.9 Å². The molecule has 0 aromatic carbocycles. The molecule has 3 rings (SSSR count). The fourth-order valence-electron chi connectivity index (χ4n) is 3.14. The number of carbonyl (C=O) groups excluding carboxylic acids is 2. The van der Waals surface area contributed by atoms with Crippen molar-refractivity contribution >= 4 is 11.8 Å². The summed E-state index contributed by atoms with van der Waals surface area (Å²) < 4.78 is 2.11. The second-order valence-electron chi connectivity index (χ2n) is 5.86. The number of imidazole rings is 1.